The summed E-state index contributed by atoms with van der Waals surface area (Å²) < 4.78 is 99.7. The summed E-state index contributed by atoms with van der Waals surface area (Å²) in [6.07, 6.45) is 6.19. The van der Waals surface area contributed by atoms with Gasteiger partial charge in [-0.25, -0.2) is 14.2 Å². The van der Waals surface area contributed by atoms with Crippen LogP contribution in [0.15, 0.2) is 54.6 Å². The number of phenols is 2. The fourth-order valence-corrected chi connectivity index (χ4v) is 14.4. The number of amides is 4. The van der Waals surface area contributed by atoms with Crippen LogP contribution in [0.1, 0.15) is 122 Å². The Hall–Kier alpha value is -4.66. The molecule has 26 nitrogen and oxygen atoms in total. The van der Waals surface area contributed by atoms with Gasteiger partial charge in [0, 0.05) is 84.1 Å². The highest BCUT2D eigenvalue weighted by molar-refractivity contribution is 8.00. The molecule has 8 unspecified atom stereocenters. The quantitative estimate of drug-likeness (QED) is 0.0115. The summed E-state index contributed by atoms with van der Waals surface area (Å²) in [5.41, 5.74) is 0.127. The van der Waals surface area contributed by atoms with E-state index in [-0.39, 0.29) is 111 Å². The van der Waals surface area contributed by atoms with Gasteiger partial charge in [0.1, 0.15) is 29.1 Å². The Morgan fingerprint density at radius 1 is 0.727 bits per heavy atom. The SMILES string of the molecule is CCC(CC)CCOP(=O)(O)OCC(CCCCNC(=O)c1ccc2c(c1)C(=O)OC21c2ccc(O)cc2Oc2cc(O)ccc21)COP(C)(=O)OCC(COCCOCCOCCOCCCNC(=O)CCCCC1SCC2NC(=O)NC21)O[PH](=O)O. The van der Waals surface area contributed by atoms with Crippen LogP contribution in [0.25, 0.3) is 0 Å². The van der Waals surface area contributed by atoms with Crippen molar-refractivity contribution >= 4 is 59.2 Å². The molecule has 0 radical (unpaired) electrons. The van der Waals surface area contributed by atoms with Gasteiger partial charge in [0.25, 0.3) is 5.91 Å². The van der Waals surface area contributed by atoms with Crippen LogP contribution in [-0.4, -0.2) is 172 Å². The summed E-state index contributed by atoms with van der Waals surface area (Å²) in [5, 5.41) is 32.6. The van der Waals surface area contributed by atoms with Gasteiger partial charge < -0.3 is 83.3 Å². The summed E-state index contributed by atoms with van der Waals surface area (Å²) >= 11 is 1.87. The number of aromatic hydroxyl groups is 2. The maximum Gasteiger partial charge on any atom is 0.472 e. The highest BCUT2D eigenvalue weighted by atomic mass is 32.2. The molecule has 0 aromatic heterocycles. The number of carbonyl (C=O) groups excluding carboxylic acids is 4. The fourth-order valence-electron chi connectivity index (χ4n) is 10.6. The first-order valence-corrected chi connectivity index (χ1v) is 35.7. The van der Waals surface area contributed by atoms with E-state index in [9.17, 15) is 52.9 Å². The third-order valence-corrected chi connectivity index (χ3v) is 19.6. The van der Waals surface area contributed by atoms with E-state index in [1.54, 1.807) is 24.3 Å². The molecule has 3 aromatic carbocycles. The monoisotopic (exact) mass is 1310 g/mol. The molecule has 490 valence electrons. The minimum atomic E-state index is -4.51. The van der Waals surface area contributed by atoms with E-state index in [1.165, 1.54) is 37.0 Å². The Kier molecular flexibility index (Phi) is 28.3. The number of phosphoric ester groups is 1. The van der Waals surface area contributed by atoms with Gasteiger partial charge in [-0.2, -0.15) is 11.8 Å². The van der Waals surface area contributed by atoms with Crippen LogP contribution in [-0.2, 0) is 70.4 Å². The van der Waals surface area contributed by atoms with Crippen molar-refractivity contribution in [2.75, 3.05) is 105 Å². The van der Waals surface area contributed by atoms with Crippen molar-refractivity contribution in [3.05, 3.63) is 82.4 Å². The average Bonchev–Trinajstić information content (AvgIpc) is 1.49. The van der Waals surface area contributed by atoms with Crippen LogP contribution >= 0.6 is 35.4 Å². The molecule has 88 heavy (non-hydrogen) atoms. The molecular weight excluding hydrogens is 1230 g/mol. The molecule has 0 bridgehead atoms. The van der Waals surface area contributed by atoms with Gasteiger partial charge in [-0.05, 0) is 80.8 Å². The van der Waals surface area contributed by atoms with Gasteiger partial charge in [0.15, 0.2) is 5.60 Å². The molecule has 8 atom stereocenters. The van der Waals surface area contributed by atoms with Crippen molar-refractivity contribution in [1.29, 1.82) is 0 Å². The first kappa shape index (κ1) is 70.8. The maximum absolute atomic E-state index is 13.6. The second kappa shape index (κ2) is 35.2. The largest absolute Gasteiger partial charge is 0.508 e. The number of fused-ring (bicyclic) bond motifs is 7. The highest BCUT2D eigenvalue weighted by Gasteiger charge is 2.54. The van der Waals surface area contributed by atoms with Crippen LogP contribution in [0.4, 0.5) is 4.79 Å². The molecule has 4 heterocycles. The zero-order valence-corrected chi connectivity index (χ0v) is 53.6. The maximum atomic E-state index is 13.6. The van der Waals surface area contributed by atoms with E-state index < -0.39 is 59.8 Å². The van der Waals surface area contributed by atoms with Crippen molar-refractivity contribution in [3.8, 4) is 23.0 Å². The summed E-state index contributed by atoms with van der Waals surface area (Å²) in [6, 6.07) is 13.7. The lowest BCUT2D eigenvalue weighted by molar-refractivity contribution is -0.121. The number of carbonyl (C=O) groups is 4. The number of thioether (sulfide) groups is 1. The number of ether oxygens (including phenoxy) is 6. The lowest BCUT2D eigenvalue weighted by atomic mass is 9.77. The van der Waals surface area contributed by atoms with Gasteiger partial charge in [-0.3, -0.25) is 27.8 Å². The minimum Gasteiger partial charge on any atom is -0.508 e. The number of esters is 1. The molecule has 8 N–H and O–H groups in total. The van der Waals surface area contributed by atoms with E-state index in [4.69, 9.17) is 51.0 Å². The van der Waals surface area contributed by atoms with Gasteiger partial charge in [-0.1, -0.05) is 45.6 Å². The molecule has 4 aliphatic heterocycles. The zero-order valence-electron chi connectivity index (χ0n) is 50.0. The number of hydrogen-bond acceptors (Lipinski definition) is 21. The van der Waals surface area contributed by atoms with Gasteiger partial charge in [-0.15, -0.1) is 0 Å². The minimum absolute atomic E-state index is 0.00434. The number of rotatable bonds is 43. The predicted molar refractivity (Wildman–Crippen MR) is 325 cm³/mol. The number of nitrogens with one attached hydrogen (secondary N) is 4. The van der Waals surface area contributed by atoms with E-state index in [0.29, 0.717) is 99.4 Å². The summed E-state index contributed by atoms with van der Waals surface area (Å²) in [5.74, 6) is -0.302. The number of benzene rings is 3. The zero-order chi connectivity index (χ0) is 63.1. The smallest absolute Gasteiger partial charge is 0.472 e. The van der Waals surface area contributed by atoms with Gasteiger partial charge in [0.2, 0.25) is 5.91 Å². The Morgan fingerprint density at radius 3 is 2.05 bits per heavy atom. The standard InChI is InChI=1S/C58H85N4O22P3S/c1-4-39(5-2)20-24-78-87(72,73)81-35-40(11-8-9-21-60-55(66)41-14-17-46-45(31-41)56(67)83-58(46)47-18-15-42(63)32-50(47)82-51-33-43(64)16-19-48(51)58)34-79-86(3,71)80-37-44(84-85(69)70)36-77-30-29-76-28-27-75-26-25-74-23-10-22-59-53(65)13-7-6-12-52-54-49(38-88-52)61-57(68)62-54/h14-19,31-33,39-40,44,49,52,54,63-64,85H,4-13,20-30,34-38H2,1-3H3,(H,59,65)(H,60,66)(H,69,70)(H,72,73)(H2,61,62,68). The van der Waals surface area contributed by atoms with Crippen LogP contribution in [0.5, 0.6) is 23.0 Å². The molecule has 3 aromatic rings. The topological polar surface area (TPSA) is 350 Å². The number of hydrogen-bond donors (Lipinski definition) is 8. The van der Waals surface area contributed by atoms with Crippen LogP contribution in [0.2, 0.25) is 0 Å². The second-order valence-electron chi connectivity index (χ2n) is 21.8. The van der Waals surface area contributed by atoms with E-state index in [1.807, 2.05) is 25.6 Å². The van der Waals surface area contributed by atoms with E-state index in [0.717, 1.165) is 37.9 Å². The first-order valence-electron chi connectivity index (χ1n) is 29.9. The number of phenolic OH excluding ortho intramolecular Hbond substituents is 2. The summed E-state index contributed by atoms with van der Waals surface area (Å²) in [6.45, 7) is 6.72. The van der Waals surface area contributed by atoms with Crippen molar-refractivity contribution in [2.45, 2.75) is 114 Å². The molecule has 2 fully saturated rings. The molecule has 30 heteroatoms. The third kappa shape index (κ3) is 21.5. The average molecular weight is 1320 g/mol. The van der Waals surface area contributed by atoms with Crippen LogP contribution < -0.4 is 26.0 Å². The highest BCUT2D eigenvalue weighted by Crippen LogP contribution is 2.57. The van der Waals surface area contributed by atoms with Crippen LogP contribution in [0, 0.1) is 11.8 Å². The van der Waals surface area contributed by atoms with Crippen molar-refractivity contribution in [2.24, 2.45) is 11.8 Å². The van der Waals surface area contributed by atoms with Crippen LogP contribution in [0.3, 0.4) is 0 Å². The lowest BCUT2D eigenvalue weighted by Gasteiger charge is -2.36. The fraction of sp³-hybridized carbons (Fsp3) is 0.621. The van der Waals surface area contributed by atoms with Crippen molar-refractivity contribution in [1.82, 2.24) is 21.3 Å². The van der Waals surface area contributed by atoms with Crippen molar-refractivity contribution < 1.29 is 104 Å². The van der Waals surface area contributed by atoms with E-state index >= 15 is 0 Å². The Labute approximate surface area is 517 Å². The normalized spacial score (nSPS) is 19.5. The number of urea groups is 1. The van der Waals surface area contributed by atoms with E-state index in [2.05, 4.69) is 21.3 Å². The Morgan fingerprint density at radius 2 is 1.36 bits per heavy atom. The molecule has 1 spiro atoms. The molecule has 0 aliphatic carbocycles. The third-order valence-electron chi connectivity index (χ3n) is 15.4. The molecular formula is C58H85N4O22P3S. The molecule has 4 amide bonds. The number of unbranched alkanes of at least 4 members (excludes halogenated alkanes) is 2. The summed E-state index contributed by atoms with van der Waals surface area (Å²) in [4.78, 5) is 71.0. The van der Waals surface area contributed by atoms with Gasteiger partial charge in [0.05, 0.1) is 90.3 Å². The Balaban J connectivity index is 0.777. The lowest BCUT2D eigenvalue weighted by Crippen LogP contribution is -2.36. The molecule has 4 aliphatic rings. The predicted octanol–water partition coefficient (Wildman–Crippen LogP) is 8.06. The molecule has 2 saturated heterocycles. The molecule has 7 rings (SSSR count). The Bertz CT molecular complexity index is 2860. The molecule has 0 saturated carbocycles. The van der Waals surface area contributed by atoms with Crippen molar-refractivity contribution in [3.63, 3.8) is 0 Å². The van der Waals surface area contributed by atoms with Gasteiger partial charge >= 0.3 is 35.7 Å². The number of phosphoric acid groups is 1. The first-order chi connectivity index (χ1) is 42.3. The summed E-state index contributed by atoms with van der Waals surface area (Å²) in [7, 11) is -11.9. The second-order valence-corrected chi connectivity index (χ2v) is 27.4.